The predicted octanol–water partition coefficient (Wildman–Crippen LogP) is 5.19. The van der Waals surface area contributed by atoms with Crippen LogP contribution < -0.4 is 0 Å². The molecule has 0 saturated carbocycles. The van der Waals surface area contributed by atoms with E-state index < -0.39 is 6.10 Å². The molecule has 1 aliphatic rings. The van der Waals surface area contributed by atoms with Crippen molar-refractivity contribution in [2.45, 2.75) is 76.6 Å². The molecular weight excluding hydrogens is 324 g/mol. The number of rotatable bonds is 13. The van der Waals surface area contributed by atoms with Crippen LogP contribution in [0.4, 0.5) is 0 Å². The molecule has 26 heavy (non-hydrogen) atoms. The number of hydrogen-bond donors (Lipinski definition) is 2. The highest BCUT2D eigenvalue weighted by molar-refractivity contribution is 5.51. The van der Waals surface area contributed by atoms with E-state index in [4.69, 9.17) is 9.84 Å². The average molecular weight is 359 g/mol. The summed E-state index contributed by atoms with van der Waals surface area (Å²) in [5, 5.41) is 18.9. The zero-order valence-corrected chi connectivity index (χ0v) is 16.0. The van der Waals surface area contributed by atoms with Gasteiger partial charge in [-0.2, -0.15) is 0 Å². The van der Waals surface area contributed by atoms with Crippen LogP contribution in [0.1, 0.15) is 75.5 Å². The van der Waals surface area contributed by atoms with E-state index in [2.05, 4.69) is 37.3 Å². The van der Waals surface area contributed by atoms with Gasteiger partial charge in [0.15, 0.2) is 0 Å². The van der Waals surface area contributed by atoms with Gasteiger partial charge < -0.3 is 14.9 Å². The summed E-state index contributed by atoms with van der Waals surface area (Å²) < 4.78 is 5.76. The number of aliphatic hydroxyl groups excluding tert-OH is 2. The molecule has 0 spiro atoms. The Kier molecular flexibility index (Phi) is 9.68. The molecule has 1 heterocycles. The highest BCUT2D eigenvalue weighted by Gasteiger charge is 2.39. The van der Waals surface area contributed by atoms with Crippen LogP contribution >= 0.6 is 0 Å². The van der Waals surface area contributed by atoms with Crippen molar-refractivity contribution in [3.8, 4) is 0 Å². The topological polar surface area (TPSA) is 53.0 Å². The van der Waals surface area contributed by atoms with Crippen molar-refractivity contribution in [1.82, 2.24) is 0 Å². The number of hydrogen-bond acceptors (Lipinski definition) is 3. The highest BCUT2D eigenvalue weighted by Crippen LogP contribution is 2.41. The molecule has 1 aromatic rings. The quantitative estimate of drug-likeness (QED) is 0.290. The van der Waals surface area contributed by atoms with E-state index in [1.165, 1.54) is 24.8 Å². The lowest BCUT2D eigenvalue weighted by Gasteiger charge is -2.02. The molecule has 3 unspecified atom stereocenters. The Morgan fingerprint density at radius 2 is 2.04 bits per heavy atom. The fourth-order valence-corrected chi connectivity index (χ4v) is 3.12. The third kappa shape index (κ3) is 7.86. The number of aliphatic hydroxyl groups is 2. The molecule has 0 bridgehead atoms. The van der Waals surface area contributed by atoms with E-state index in [1.54, 1.807) is 0 Å². The first-order valence-electron chi connectivity index (χ1n) is 10.1. The summed E-state index contributed by atoms with van der Waals surface area (Å²) in [5.74, 6) is 0. The summed E-state index contributed by atoms with van der Waals surface area (Å²) in [6, 6.07) is 8.34. The lowest BCUT2D eigenvalue weighted by Crippen LogP contribution is -1.99. The second-order valence-corrected chi connectivity index (χ2v) is 7.11. The largest absolute Gasteiger partial charge is 0.396 e. The van der Waals surface area contributed by atoms with Crippen LogP contribution in [0.15, 0.2) is 42.5 Å². The van der Waals surface area contributed by atoms with Gasteiger partial charge in [0.1, 0.15) is 6.10 Å². The summed E-state index contributed by atoms with van der Waals surface area (Å²) in [5.41, 5.74) is 2.30. The van der Waals surface area contributed by atoms with Crippen LogP contribution in [0.2, 0.25) is 0 Å². The first-order valence-corrected chi connectivity index (χ1v) is 10.1. The Hall–Kier alpha value is -1.42. The third-order valence-corrected chi connectivity index (χ3v) is 4.75. The van der Waals surface area contributed by atoms with Crippen LogP contribution in [0, 0.1) is 0 Å². The molecule has 0 amide bonds. The second kappa shape index (κ2) is 12.1. The van der Waals surface area contributed by atoms with Gasteiger partial charge >= 0.3 is 0 Å². The first-order chi connectivity index (χ1) is 12.7. The van der Waals surface area contributed by atoms with E-state index in [1.807, 2.05) is 18.2 Å². The average Bonchev–Trinajstić information content (AvgIpc) is 3.43. The molecule has 3 atom stereocenters. The normalized spacial score (nSPS) is 20.9. The van der Waals surface area contributed by atoms with Crippen molar-refractivity contribution < 1.29 is 14.9 Å². The highest BCUT2D eigenvalue weighted by atomic mass is 16.6. The molecule has 0 aliphatic carbocycles. The summed E-state index contributed by atoms with van der Waals surface area (Å²) in [4.78, 5) is 0. The fraction of sp³-hybridized carbons (Fsp3) is 0.565. The van der Waals surface area contributed by atoms with Crippen LogP contribution in [-0.2, 0) is 4.74 Å². The summed E-state index contributed by atoms with van der Waals surface area (Å²) in [6.45, 7) is 2.47. The van der Waals surface area contributed by atoms with Crippen molar-refractivity contribution in [3.63, 3.8) is 0 Å². The van der Waals surface area contributed by atoms with Crippen LogP contribution in [-0.4, -0.2) is 29.0 Å². The molecule has 0 aromatic heterocycles. The molecule has 2 N–H and O–H groups in total. The second-order valence-electron chi connectivity index (χ2n) is 7.11. The van der Waals surface area contributed by atoms with Crippen molar-refractivity contribution in [1.29, 1.82) is 0 Å². The van der Waals surface area contributed by atoms with Gasteiger partial charge in [-0.15, -0.1) is 0 Å². The minimum absolute atomic E-state index is 0.193. The van der Waals surface area contributed by atoms with Gasteiger partial charge in [0.2, 0.25) is 0 Å². The zero-order valence-electron chi connectivity index (χ0n) is 16.0. The van der Waals surface area contributed by atoms with Gasteiger partial charge in [0, 0.05) is 6.61 Å². The zero-order chi connectivity index (χ0) is 18.6. The van der Waals surface area contributed by atoms with E-state index in [0.29, 0.717) is 12.5 Å². The maximum absolute atomic E-state index is 10.1. The van der Waals surface area contributed by atoms with Gasteiger partial charge in [-0.3, -0.25) is 0 Å². The van der Waals surface area contributed by atoms with E-state index in [0.717, 1.165) is 31.2 Å². The van der Waals surface area contributed by atoms with Crippen molar-refractivity contribution in [2.75, 3.05) is 6.61 Å². The van der Waals surface area contributed by atoms with E-state index >= 15 is 0 Å². The monoisotopic (exact) mass is 358 g/mol. The van der Waals surface area contributed by atoms with Crippen molar-refractivity contribution >= 4 is 6.08 Å². The van der Waals surface area contributed by atoms with Crippen LogP contribution in [0.3, 0.4) is 0 Å². The smallest absolute Gasteiger partial charge is 0.109 e. The van der Waals surface area contributed by atoms with Gasteiger partial charge in [0.05, 0.1) is 12.2 Å². The lowest BCUT2D eigenvalue weighted by molar-refractivity contribution is 0.227. The number of unbranched alkanes of at least 4 members (excludes halogenated alkanes) is 4. The maximum atomic E-state index is 10.1. The molecular formula is C23H34O3. The van der Waals surface area contributed by atoms with Gasteiger partial charge in [-0.1, -0.05) is 62.3 Å². The van der Waals surface area contributed by atoms with Crippen LogP contribution in [0.25, 0.3) is 6.08 Å². The fourth-order valence-electron chi connectivity index (χ4n) is 3.12. The first kappa shape index (κ1) is 20.9. The lowest BCUT2D eigenvalue weighted by atomic mass is 10.0. The maximum Gasteiger partial charge on any atom is 0.109 e. The summed E-state index contributed by atoms with van der Waals surface area (Å²) in [6.07, 6.45) is 16.5. The van der Waals surface area contributed by atoms with E-state index in [-0.39, 0.29) is 12.7 Å². The molecule has 1 fully saturated rings. The third-order valence-electron chi connectivity index (χ3n) is 4.75. The van der Waals surface area contributed by atoms with Crippen molar-refractivity contribution in [3.05, 3.63) is 53.6 Å². The Morgan fingerprint density at radius 3 is 2.85 bits per heavy atom. The number of benzene rings is 1. The Balaban J connectivity index is 1.74. The number of epoxide rings is 1. The van der Waals surface area contributed by atoms with Gasteiger partial charge in [0.25, 0.3) is 0 Å². The summed E-state index contributed by atoms with van der Waals surface area (Å²) in [7, 11) is 0. The Bertz CT molecular complexity index is 564. The number of ether oxygens (including phenoxy) is 1. The molecule has 3 heteroatoms. The minimum Gasteiger partial charge on any atom is -0.396 e. The predicted molar refractivity (Wildman–Crippen MR) is 108 cm³/mol. The molecule has 1 aliphatic heterocycles. The summed E-state index contributed by atoms with van der Waals surface area (Å²) >= 11 is 0. The molecule has 1 saturated heterocycles. The molecule has 0 radical (unpaired) electrons. The SMILES string of the molecule is CCCCCC=CCC(O)C=Cc1cccc(C2OC2CCCCO)c1. The standard InChI is InChI=1S/C23H34O3/c1-2-3-4-5-6-7-13-21(25)16-15-19-11-10-12-20(18-19)23-22(26-23)14-8-9-17-24/h6-7,10-12,15-16,18,21-25H,2-5,8-9,13-14,17H2,1H3. The van der Waals surface area contributed by atoms with Crippen LogP contribution in [0.5, 0.6) is 0 Å². The Labute approximate surface area is 158 Å². The molecule has 144 valence electrons. The number of allylic oxidation sites excluding steroid dienone is 1. The van der Waals surface area contributed by atoms with Crippen molar-refractivity contribution in [2.24, 2.45) is 0 Å². The van der Waals surface area contributed by atoms with E-state index in [9.17, 15) is 5.11 Å². The minimum atomic E-state index is -0.440. The molecule has 2 rings (SSSR count). The molecule has 1 aromatic carbocycles. The Morgan fingerprint density at radius 1 is 1.15 bits per heavy atom. The van der Waals surface area contributed by atoms with Gasteiger partial charge in [-0.25, -0.2) is 0 Å². The molecule has 3 nitrogen and oxygen atoms in total. The van der Waals surface area contributed by atoms with Gasteiger partial charge in [-0.05, 0) is 55.7 Å².